The van der Waals surface area contributed by atoms with E-state index in [-0.39, 0.29) is 44.8 Å². The van der Waals surface area contributed by atoms with Gasteiger partial charge in [0, 0.05) is 19.4 Å². The number of hydrogen-bond acceptors (Lipinski definition) is 9. The van der Waals surface area contributed by atoms with E-state index in [2.05, 4.69) is 50.3 Å². The van der Waals surface area contributed by atoms with Crippen molar-refractivity contribution in [1.29, 1.82) is 0 Å². The molecule has 1 fully saturated rings. The molecule has 0 amide bonds. The van der Waals surface area contributed by atoms with Gasteiger partial charge in [0.25, 0.3) is 0 Å². The van der Waals surface area contributed by atoms with Crippen LogP contribution in [-0.2, 0) is 37.4 Å². The second-order valence-electron chi connectivity index (χ2n) is 13.2. The van der Waals surface area contributed by atoms with Gasteiger partial charge in [0.1, 0.15) is 6.61 Å². The number of rotatable bonds is 35. The predicted octanol–water partition coefficient (Wildman–Crippen LogP) is 9.59. The highest BCUT2D eigenvalue weighted by Crippen LogP contribution is 2.43. The monoisotopic (exact) mass is 727 g/mol. The number of carbonyl (C=O) groups is 2. The Morgan fingerprint density at radius 2 is 1.30 bits per heavy atom. The van der Waals surface area contributed by atoms with E-state index in [1.54, 1.807) is 0 Å². The zero-order chi connectivity index (χ0) is 36.5. The SMILES string of the molecule is CCCCC/C=C\C/C=C\C/C=C\CC1OC1CCCC(=O)OC[C@H](COP(=O)(O)OCCN)OC(=O)CCCCCCCCCCCCC. The van der Waals surface area contributed by atoms with E-state index in [4.69, 9.17) is 29.0 Å². The molecule has 0 aromatic rings. The van der Waals surface area contributed by atoms with Crippen LogP contribution in [0.3, 0.4) is 0 Å². The molecule has 1 heterocycles. The summed E-state index contributed by atoms with van der Waals surface area (Å²) in [5.74, 6) is -0.906. The predicted molar refractivity (Wildman–Crippen MR) is 201 cm³/mol. The molecule has 0 aromatic heterocycles. The minimum Gasteiger partial charge on any atom is -0.462 e. The van der Waals surface area contributed by atoms with E-state index in [9.17, 15) is 19.0 Å². The standard InChI is InChI=1S/C39H70NO9P/c1-3-5-7-9-11-13-15-17-18-20-22-24-27-36-37(49-36)28-26-30-38(41)45-33-35(34-47-50(43,44)46-32-31-40)48-39(42)29-25-23-21-19-16-14-12-10-8-6-4-2/h11,13,17-18,22,24,35-37H,3-10,12,14-16,19-21,23,25-34,40H2,1-2H3,(H,43,44)/b13-11-,18-17-,24-22-/t35-,36?,37?/m1/s1. The van der Waals surface area contributed by atoms with Gasteiger partial charge in [0.15, 0.2) is 6.10 Å². The van der Waals surface area contributed by atoms with E-state index in [0.29, 0.717) is 12.8 Å². The Balaban J connectivity index is 2.27. The summed E-state index contributed by atoms with van der Waals surface area (Å²) in [5.41, 5.74) is 5.33. The summed E-state index contributed by atoms with van der Waals surface area (Å²) in [4.78, 5) is 34.8. The molecule has 3 N–H and O–H groups in total. The Hall–Kier alpha value is -1.81. The molecule has 50 heavy (non-hydrogen) atoms. The molecule has 1 aliphatic heterocycles. The van der Waals surface area contributed by atoms with Crippen LogP contribution >= 0.6 is 7.82 Å². The maximum absolute atomic E-state index is 12.5. The summed E-state index contributed by atoms with van der Waals surface area (Å²) in [5, 5.41) is 0. The van der Waals surface area contributed by atoms with Gasteiger partial charge in [0.2, 0.25) is 0 Å². The number of epoxide rings is 1. The minimum absolute atomic E-state index is 0.0431. The summed E-state index contributed by atoms with van der Waals surface area (Å²) in [7, 11) is -4.39. The number of esters is 2. The molecule has 10 nitrogen and oxygen atoms in total. The lowest BCUT2D eigenvalue weighted by Gasteiger charge is -2.19. The summed E-state index contributed by atoms with van der Waals surface area (Å²) >= 11 is 0. The first-order valence-electron chi connectivity index (χ1n) is 19.6. The Labute approximate surface area is 303 Å². The third kappa shape index (κ3) is 28.8. The van der Waals surface area contributed by atoms with Crippen LogP contribution in [0.25, 0.3) is 0 Å². The van der Waals surface area contributed by atoms with Crippen LogP contribution in [0, 0.1) is 0 Å². The summed E-state index contributed by atoms with van der Waals surface area (Å²) in [6.45, 7) is 3.59. The molecule has 0 radical (unpaired) electrons. The molecular formula is C39H70NO9P. The van der Waals surface area contributed by atoms with Gasteiger partial charge in [-0.2, -0.15) is 0 Å². The van der Waals surface area contributed by atoms with Crippen LogP contribution in [0.5, 0.6) is 0 Å². The topological polar surface area (TPSA) is 147 Å². The zero-order valence-corrected chi connectivity index (χ0v) is 32.2. The second kappa shape index (κ2) is 31.9. The lowest BCUT2D eigenvalue weighted by molar-refractivity contribution is -0.161. The highest BCUT2D eigenvalue weighted by atomic mass is 31.2. The van der Waals surface area contributed by atoms with Gasteiger partial charge in [-0.25, -0.2) is 4.57 Å². The molecule has 0 aromatic carbocycles. The van der Waals surface area contributed by atoms with E-state index in [1.807, 2.05) is 0 Å². The molecule has 0 bridgehead atoms. The average molecular weight is 728 g/mol. The van der Waals surface area contributed by atoms with Gasteiger partial charge in [-0.1, -0.05) is 127 Å². The summed E-state index contributed by atoms with van der Waals surface area (Å²) in [6.07, 6.45) is 34.8. The molecule has 1 aliphatic rings. The molecule has 1 rings (SSSR count). The third-order valence-electron chi connectivity index (χ3n) is 8.45. The second-order valence-corrected chi connectivity index (χ2v) is 14.6. The Morgan fingerprint density at radius 3 is 1.96 bits per heavy atom. The quantitative estimate of drug-likeness (QED) is 0.0213. The van der Waals surface area contributed by atoms with Gasteiger partial charge >= 0.3 is 19.8 Å². The molecule has 1 saturated heterocycles. The average Bonchev–Trinajstić information content (AvgIpc) is 3.85. The van der Waals surface area contributed by atoms with Gasteiger partial charge in [-0.05, 0) is 51.4 Å². The fourth-order valence-corrected chi connectivity index (χ4v) is 6.19. The van der Waals surface area contributed by atoms with Crippen molar-refractivity contribution in [2.24, 2.45) is 5.73 Å². The first kappa shape index (κ1) is 46.2. The maximum Gasteiger partial charge on any atom is 0.472 e. The lowest BCUT2D eigenvalue weighted by atomic mass is 10.1. The number of phosphoric ester groups is 1. The number of hydrogen-bond donors (Lipinski definition) is 2. The first-order chi connectivity index (χ1) is 24.3. The minimum atomic E-state index is -4.39. The van der Waals surface area contributed by atoms with Crippen LogP contribution in [0.1, 0.15) is 155 Å². The molecule has 4 atom stereocenters. The Bertz CT molecular complexity index is 987. The normalized spacial score (nSPS) is 17.8. The van der Waals surface area contributed by atoms with Crippen LogP contribution < -0.4 is 5.73 Å². The van der Waals surface area contributed by atoms with Crippen molar-refractivity contribution in [3.63, 3.8) is 0 Å². The molecule has 0 aliphatic carbocycles. The van der Waals surface area contributed by atoms with Gasteiger partial charge in [0.05, 0.1) is 25.4 Å². The van der Waals surface area contributed by atoms with Crippen molar-refractivity contribution in [2.45, 2.75) is 173 Å². The summed E-state index contributed by atoms with van der Waals surface area (Å²) < 4.78 is 38.4. The zero-order valence-electron chi connectivity index (χ0n) is 31.3. The number of carbonyl (C=O) groups excluding carboxylic acids is 2. The van der Waals surface area contributed by atoms with Gasteiger partial charge in [-0.15, -0.1) is 0 Å². The molecule has 290 valence electrons. The maximum atomic E-state index is 12.5. The van der Waals surface area contributed by atoms with E-state index >= 15 is 0 Å². The number of nitrogens with two attached hydrogens (primary N) is 1. The largest absolute Gasteiger partial charge is 0.472 e. The van der Waals surface area contributed by atoms with E-state index < -0.39 is 32.5 Å². The molecule has 0 saturated carbocycles. The number of allylic oxidation sites excluding steroid dienone is 5. The van der Waals surface area contributed by atoms with Crippen molar-refractivity contribution in [2.75, 3.05) is 26.4 Å². The third-order valence-corrected chi connectivity index (χ3v) is 9.44. The van der Waals surface area contributed by atoms with Crippen LogP contribution in [0.2, 0.25) is 0 Å². The van der Waals surface area contributed by atoms with Crippen molar-refractivity contribution >= 4 is 19.8 Å². The number of phosphoric acid groups is 1. The molecular weight excluding hydrogens is 657 g/mol. The van der Waals surface area contributed by atoms with E-state index in [0.717, 1.165) is 44.9 Å². The Kier molecular flexibility index (Phi) is 29.5. The van der Waals surface area contributed by atoms with Crippen molar-refractivity contribution in [1.82, 2.24) is 0 Å². The Morgan fingerprint density at radius 1 is 0.720 bits per heavy atom. The van der Waals surface area contributed by atoms with Crippen LogP contribution in [0.15, 0.2) is 36.5 Å². The highest BCUT2D eigenvalue weighted by molar-refractivity contribution is 7.47. The van der Waals surface area contributed by atoms with Crippen LogP contribution in [-0.4, -0.2) is 61.5 Å². The smallest absolute Gasteiger partial charge is 0.462 e. The number of unbranched alkanes of at least 4 members (excludes halogenated alkanes) is 13. The fourth-order valence-electron chi connectivity index (χ4n) is 5.43. The van der Waals surface area contributed by atoms with Crippen molar-refractivity contribution < 1.29 is 42.3 Å². The fraction of sp³-hybridized carbons (Fsp3) is 0.795. The van der Waals surface area contributed by atoms with Crippen LogP contribution in [0.4, 0.5) is 0 Å². The molecule has 3 unspecified atom stereocenters. The van der Waals surface area contributed by atoms with Gasteiger partial charge < -0.3 is 24.8 Å². The lowest BCUT2D eigenvalue weighted by Crippen LogP contribution is -2.29. The first-order valence-corrected chi connectivity index (χ1v) is 21.1. The number of ether oxygens (including phenoxy) is 3. The van der Waals surface area contributed by atoms with Crippen molar-refractivity contribution in [3.05, 3.63) is 36.5 Å². The van der Waals surface area contributed by atoms with Crippen molar-refractivity contribution in [3.8, 4) is 0 Å². The van der Waals surface area contributed by atoms with Gasteiger partial charge in [-0.3, -0.25) is 18.6 Å². The molecule has 11 heteroatoms. The summed E-state index contributed by atoms with van der Waals surface area (Å²) in [6, 6.07) is 0. The highest BCUT2D eigenvalue weighted by Gasteiger charge is 2.36. The van der Waals surface area contributed by atoms with E-state index in [1.165, 1.54) is 70.6 Å². The molecule has 0 spiro atoms.